The van der Waals surface area contributed by atoms with Crippen molar-refractivity contribution < 1.29 is 23.8 Å². The van der Waals surface area contributed by atoms with Gasteiger partial charge >= 0.3 is 5.97 Å². The van der Waals surface area contributed by atoms with Gasteiger partial charge in [-0.05, 0) is 36.8 Å². The van der Waals surface area contributed by atoms with Crippen LogP contribution in [0.4, 0.5) is 0 Å². The van der Waals surface area contributed by atoms with Gasteiger partial charge in [-0.25, -0.2) is 4.79 Å². The fourth-order valence-corrected chi connectivity index (χ4v) is 2.73. The minimum atomic E-state index is -0.450. The predicted molar refractivity (Wildman–Crippen MR) is 95.6 cm³/mol. The van der Waals surface area contributed by atoms with Crippen LogP contribution < -0.4 is 9.47 Å². The maximum Gasteiger partial charge on any atom is 0.344 e. The Hall–Kier alpha value is -2.60. The van der Waals surface area contributed by atoms with Crippen molar-refractivity contribution in [2.24, 2.45) is 0 Å². The molecule has 0 aliphatic carbocycles. The molecule has 1 aliphatic rings. The topological polar surface area (TPSA) is 61.8 Å². The lowest BCUT2D eigenvalue weighted by Crippen LogP contribution is -2.14. The fourth-order valence-electron chi connectivity index (χ4n) is 2.34. The van der Waals surface area contributed by atoms with Crippen molar-refractivity contribution in [1.82, 2.24) is 0 Å². The second kappa shape index (κ2) is 7.53. The molecular weight excluding hydrogens is 388 g/mol. The van der Waals surface area contributed by atoms with E-state index < -0.39 is 5.97 Å². The molecule has 5 nitrogen and oxygen atoms in total. The number of halogens is 1. The summed E-state index contributed by atoms with van der Waals surface area (Å²) < 4.78 is 16.7. The fraction of sp³-hybridized carbons (Fsp3) is 0.158. The number of hydrogen-bond donors (Lipinski definition) is 0. The first kappa shape index (κ1) is 17.2. The number of carbonyl (C=O) groups is 2. The van der Waals surface area contributed by atoms with E-state index in [9.17, 15) is 9.59 Å². The summed E-state index contributed by atoms with van der Waals surface area (Å²) in [5, 5.41) is 0. The van der Waals surface area contributed by atoms with Crippen LogP contribution in [0.5, 0.6) is 11.5 Å². The second-order valence-corrected chi connectivity index (χ2v) is 6.07. The van der Waals surface area contributed by atoms with Crippen LogP contribution in [-0.4, -0.2) is 25.0 Å². The summed E-state index contributed by atoms with van der Waals surface area (Å²) in [4.78, 5) is 23.8. The first-order chi connectivity index (χ1) is 12.1. The number of rotatable bonds is 5. The molecule has 0 saturated heterocycles. The molecule has 0 atom stereocenters. The van der Waals surface area contributed by atoms with Crippen LogP contribution in [-0.2, 0) is 9.53 Å². The molecule has 2 aromatic rings. The van der Waals surface area contributed by atoms with Crippen LogP contribution in [0.2, 0.25) is 0 Å². The van der Waals surface area contributed by atoms with Gasteiger partial charge in [-0.1, -0.05) is 34.1 Å². The van der Waals surface area contributed by atoms with Crippen molar-refractivity contribution >= 4 is 33.8 Å². The lowest BCUT2D eigenvalue weighted by molar-refractivity contribution is -0.145. The summed E-state index contributed by atoms with van der Waals surface area (Å²) >= 11 is 3.44. The van der Waals surface area contributed by atoms with Crippen LogP contribution in [0, 0.1) is 0 Å². The van der Waals surface area contributed by atoms with E-state index in [2.05, 4.69) is 15.9 Å². The average molecular weight is 403 g/mol. The van der Waals surface area contributed by atoms with E-state index in [1.807, 2.05) is 24.3 Å². The molecule has 25 heavy (non-hydrogen) atoms. The van der Waals surface area contributed by atoms with E-state index >= 15 is 0 Å². The Morgan fingerprint density at radius 2 is 2.04 bits per heavy atom. The third-order valence-electron chi connectivity index (χ3n) is 3.50. The molecule has 1 aliphatic heterocycles. The van der Waals surface area contributed by atoms with Gasteiger partial charge in [0, 0.05) is 10.5 Å². The standard InChI is InChI=1S/C19H15BrO5/c1-2-23-18(21)11-24-13-7-8-14-16(10-13)25-17(19(14)22)9-12-5-3-4-6-15(12)20/h3-10H,2,11H2,1H3/b17-9-. The summed E-state index contributed by atoms with van der Waals surface area (Å²) in [7, 11) is 0. The molecule has 2 aromatic carbocycles. The minimum Gasteiger partial charge on any atom is -0.482 e. The number of carbonyl (C=O) groups excluding carboxylic acids is 2. The van der Waals surface area contributed by atoms with Gasteiger partial charge in [0.2, 0.25) is 5.78 Å². The number of benzene rings is 2. The highest BCUT2D eigenvalue weighted by Gasteiger charge is 2.28. The molecule has 0 N–H and O–H groups in total. The zero-order valence-electron chi connectivity index (χ0n) is 13.5. The van der Waals surface area contributed by atoms with Crippen LogP contribution in [0.25, 0.3) is 6.08 Å². The molecule has 0 radical (unpaired) electrons. The smallest absolute Gasteiger partial charge is 0.344 e. The highest BCUT2D eigenvalue weighted by Crippen LogP contribution is 2.35. The van der Waals surface area contributed by atoms with Gasteiger partial charge in [0.05, 0.1) is 12.2 Å². The molecule has 0 unspecified atom stereocenters. The highest BCUT2D eigenvalue weighted by molar-refractivity contribution is 9.10. The molecule has 0 aromatic heterocycles. The van der Waals surface area contributed by atoms with Gasteiger partial charge in [0.15, 0.2) is 12.4 Å². The van der Waals surface area contributed by atoms with Crippen molar-refractivity contribution in [3.8, 4) is 11.5 Å². The molecule has 0 saturated carbocycles. The molecule has 0 amide bonds. The normalized spacial score (nSPS) is 14.2. The lowest BCUT2D eigenvalue weighted by Gasteiger charge is -2.06. The highest BCUT2D eigenvalue weighted by atomic mass is 79.9. The first-order valence-electron chi connectivity index (χ1n) is 7.69. The molecule has 0 fully saturated rings. The van der Waals surface area contributed by atoms with Crippen molar-refractivity contribution in [3.63, 3.8) is 0 Å². The SMILES string of the molecule is CCOC(=O)COc1ccc2c(c1)O/C(=C\c1ccccc1Br)C2=O. The number of Topliss-reactive ketones (excluding diaryl/α,β-unsaturated/α-hetero) is 1. The Kier molecular flexibility index (Phi) is 5.19. The zero-order chi connectivity index (χ0) is 17.8. The number of esters is 1. The van der Waals surface area contributed by atoms with Gasteiger partial charge in [0.25, 0.3) is 0 Å². The monoisotopic (exact) mass is 402 g/mol. The summed E-state index contributed by atoms with van der Waals surface area (Å²) in [6.45, 7) is 1.83. The molecule has 0 spiro atoms. The largest absolute Gasteiger partial charge is 0.482 e. The van der Waals surface area contributed by atoms with E-state index in [1.165, 1.54) is 0 Å². The Balaban J connectivity index is 1.77. The third kappa shape index (κ3) is 3.91. The van der Waals surface area contributed by atoms with Gasteiger partial charge in [-0.15, -0.1) is 0 Å². The summed E-state index contributed by atoms with van der Waals surface area (Å²) in [6.07, 6.45) is 1.69. The van der Waals surface area contributed by atoms with E-state index in [1.54, 1.807) is 31.2 Å². The van der Waals surface area contributed by atoms with Gasteiger partial charge in [-0.3, -0.25) is 4.79 Å². The van der Waals surface area contributed by atoms with Crippen molar-refractivity contribution in [1.29, 1.82) is 0 Å². The number of ether oxygens (including phenoxy) is 3. The molecule has 6 heteroatoms. The Morgan fingerprint density at radius 1 is 1.24 bits per heavy atom. The Labute approximate surface area is 153 Å². The van der Waals surface area contributed by atoms with Crippen LogP contribution in [0.1, 0.15) is 22.8 Å². The molecule has 1 heterocycles. The van der Waals surface area contributed by atoms with Crippen LogP contribution in [0.3, 0.4) is 0 Å². The van der Waals surface area contributed by atoms with E-state index in [-0.39, 0.29) is 18.1 Å². The molecule has 128 valence electrons. The van der Waals surface area contributed by atoms with Crippen LogP contribution in [0.15, 0.2) is 52.7 Å². The van der Waals surface area contributed by atoms with Crippen molar-refractivity contribution in [3.05, 3.63) is 63.8 Å². The van der Waals surface area contributed by atoms with E-state index in [0.717, 1.165) is 10.0 Å². The van der Waals surface area contributed by atoms with Crippen molar-refractivity contribution in [2.75, 3.05) is 13.2 Å². The summed E-state index contributed by atoms with van der Waals surface area (Å²) in [5.74, 6) is 0.438. The minimum absolute atomic E-state index is 0.192. The zero-order valence-corrected chi connectivity index (χ0v) is 15.0. The average Bonchev–Trinajstić information content (AvgIpc) is 2.91. The van der Waals surface area contributed by atoms with Crippen LogP contribution >= 0.6 is 15.9 Å². The van der Waals surface area contributed by atoms with Crippen molar-refractivity contribution in [2.45, 2.75) is 6.92 Å². The maximum atomic E-state index is 12.5. The second-order valence-electron chi connectivity index (χ2n) is 5.21. The molecular formula is C19H15BrO5. The van der Waals surface area contributed by atoms with Gasteiger partial charge < -0.3 is 14.2 Å². The number of allylic oxidation sites excluding steroid dienone is 1. The first-order valence-corrected chi connectivity index (χ1v) is 8.49. The predicted octanol–water partition coefficient (Wildman–Crippen LogP) is 4.01. The van der Waals surface area contributed by atoms with E-state index in [4.69, 9.17) is 14.2 Å². The summed E-state index contributed by atoms with van der Waals surface area (Å²) in [6, 6.07) is 12.4. The summed E-state index contributed by atoms with van der Waals surface area (Å²) in [5.41, 5.74) is 1.30. The number of ketones is 1. The van der Waals surface area contributed by atoms with Gasteiger partial charge in [0.1, 0.15) is 11.5 Å². The Morgan fingerprint density at radius 3 is 2.80 bits per heavy atom. The molecule has 0 bridgehead atoms. The molecule has 3 rings (SSSR count). The third-order valence-corrected chi connectivity index (χ3v) is 4.22. The maximum absolute atomic E-state index is 12.5. The number of hydrogen-bond acceptors (Lipinski definition) is 5. The van der Waals surface area contributed by atoms with Gasteiger partial charge in [-0.2, -0.15) is 0 Å². The quantitative estimate of drug-likeness (QED) is 0.558. The lowest BCUT2D eigenvalue weighted by atomic mass is 10.1. The Bertz CT molecular complexity index is 857. The van der Waals surface area contributed by atoms with E-state index in [0.29, 0.717) is 23.7 Å². The number of fused-ring (bicyclic) bond motifs is 1.